The lowest BCUT2D eigenvalue weighted by atomic mass is 10.3. The maximum absolute atomic E-state index is 12.3. The van der Waals surface area contributed by atoms with Gasteiger partial charge in [0.05, 0.1) is 16.2 Å². The third-order valence-electron chi connectivity index (χ3n) is 2.71. The van der Waals surface area contributed by atoms with Gasteiger partial charge in [-0.15, -0.1) is 0 Å². The van der Waals surface area contributed by atoms with Crippen LogP contribution in [0.4, 0.5) is 5.69 Å². The second-order valence-corrected chi connectivity index (χ2v) is 5.99. The second kappa shape index (κ2) is 6.50. The van der Waals surface area contributed by atoms with Crippen molar-refractivity contribution < 1.29 is 28.3 Å². The standard InChI is InChI=1S/C11H14N2O7S/c1-2-12(6-5-11(15)16)21(19,20)8-3-4-10(14)9(7-8)13(17)18/h3-4,7,14H,2,5-6H2,1H3,(H,15,16). The molecule has 0 unspecified atom stereocenters. The highest BCUT2D eigenvalue weighted by Crippen LogP contribution is 2.29. The maximum Gasteiger partial charge on any atom is 0.312 e. The monoisotopic (exact) mass is 318 g/mol. The number of benzene rings is 1. The Morgan fingerprint density at radius 3 is 2.52 bits per heavy atom. The van der Waals surface area contributed by atoms with E-state index in [1.165, 1.54) is 6.92 Å². The van der Waals surface area contributed by atoms with Gasteiger partial charge in [-0.3, -0.25) is 14.9 Å². The van der Waals surface area contributed by atoms with E-state index < -0.39 is 32.4 Å². The summed E-state index contributed by atoms with van der Waals surface area (Å²) in [5.74, 6) is -1.80. The molecule has 0 atom stereocenters. The number of phenolic OH excluding ortho intramolecular Hbond substituents is 1. The molecule has 10 heteroatoms. The molecule has 0 radical (unpaired) electrons. The molecule has 0 saturated heterocycles. The number of aromatic hydroxyl groups is 1. The predicted octanol–water partition coefficient (Wildman–Crippen LogP) is 0.786. The van der Waals surface area contributed by atoms with Crippen LogP contribution < -0.4 is 0 Å². The van der Waals surface area contributed by atoms with Gasteiger partial charge in [0.15, 0.2) is 5.75 Å². The molecule has 2 N–H and O–H groups in total. The number of nitro benzene ring substituents is 1. The summed E-state index contributed by atoms with van der Waals surface area (Å²) in [6.07, 6.45) is -0.382. The van der Waals surface area contributed by atoms with E-state index in [2.05, 4.69) is 0 Å². The fourth-order valence-corrected chi connectivity index (χ4v) is 3.10. The Balaban J connectivity index is 3.19. The average molecular weight is 318 g/mol. The summed E-state index contributed by atoms with van der Waals surface area (Å²) >= 11 is 0. The van der Waals surface area contributed by atoms with E-state index in [1.54, 1.807) is 0 Å². The van der Waals surface area contributed by atoms with Crippen LogP contribution in [0.15, 0.2) is 23.1 Å². The number of rotatable bonds is 7. The summed E-state index contributed by atoms with van der Waals surface area (Å²) in [7, 11) is -4.07. The third kappa shape index (κ3) is 3.89. The van der Waals surface area contributed by atoms with Crippen LogP contribution in [0, 0.1) is 10.1 Å². The van der Waals surface area contributed by atoms with Gasteiger partial charge in [-0.05, 0) is 12.1 Å². The van der Waals surface area contributed by atoms with Gasteiger partial charge in [0, 0.05) is 19.2 Å². The highest BCUT2D eigenvalue weighted by atomic mass is 32.2. The molecule has 0 aliphatic rings. The minimum Gasteiger partial charge on any atom is -0.502 e. The van der Waals surface area contributed by atoms with Crippen LogP contribution >= 0.6 is 0 Å². The summed E-state index contributed by atoms with van der Waals surface area (Å²) < 4.78 is 25.5. The normalized spacial score (nSPS) is 11.5. The predicted molar refractivity (Wildman–Crippen MR) is 71.4 cm³/mol. The molecule has 0 fully saturated rings. The first-order valence-corrected chi connectivity index (χ1v) is 7.33. The molecule has 0 spiro atoms. The number of nitro groups is 1. The van der Waals surface area contributed by atoms with Crippen molar-refractivity contribution in [3.8, 4) is 5.75 Å². The van der Waals surface area contributed by atoms with Gasteiger partial charge in [0.2, 0.25) is 10.0 Å². The van der Waals surface area contributed by atoms with Crippen LogP contribution in [-0.4, -0.2) is 46.9 Å². The summed E-state index contributed by atoms with van der Waals surface area (Å²) in [6.45, 7) is 1.29. The van der Waals surface area contributed by atoms with Gasteiger partial charge in [-0.1, -0.05) is 6.92 Å². The zero-order valence-electron chi connectivity index (χ0n) is 11.1. The molecule has 1 aromatic rings. The number of aliphatic carboxylic acids is 1. The highest BCUT2D eigenvalue weighted by Gasteiger charge is 2.26. The SMILES string of the molecule is CCN(CCC(=O)O)S(=O)(=O)c1ccc(O)c([N+](=O)[O-])c1. The molecule has 1 aromatic carbocycles. The molecule has 116 valence electrons. The largest absolute Gasteiger partial charge is 0.502 e. The smallest absolute Gasteiger partial charge is 0.312 e. The Labute approximate surface area is 120 Å². The number of nitrogens with zero attached hydrogens (tertiary/aromatic N) is 2. The number of hydrogen-bond acceptors (Lipinski definition) is 6. The molecule has 0 bridgehead atoms. The van der Waals surface area contributed by atoms with E-state index >= 15 is 0 Å². The summed E-state index contributed by atoms with van der Waals surface area (Å²) in [5, 5.41) is 28.6. The Hall–Kier alpha value is -2.20. The van der Waals surface area contributed by atoms with E-state index in [-0.39, 0.29) is 24.4 Å². The summed E-state index contributed by atoms with van der Waals surface area (Å²) in [6, 6.07) is 2.69. The van der Waals surface area contributed by atoms with Crippen LogP contribution in [0.5, 0.6) is 5.75 Å². The quantitative estimate of drug-likeness (QED) is 0.559. The lowest BCUT2D eigenvalue weighted by Gasteiger charge is -2.19. The molecule has 0 amide bonds. The van der Waals surface area contributed by atoms with Crippen LogP contribution in [0.1, 0.15) is 13.3 Å². The van der Waals surface area contributed by atoms with Crippen molar-refractivity contribution >= 4 is 21.7 Å². The number of sulfonamides is 1. The van der Waals surface area contributed by atoms with Crippen molar-refractivity contribution in [3.63, 3.8) is 0 Å². The number of carboxylic acid groups (broad SMARTS) is 1. The molecule has 9 nitrogen and oxygen atoms in total. The van der Waals surface area contributed by atoms with Crippen molar-refractivity contribution in [1.82, 2.24) is 4.31 Å². The van der Waals surface area contributed by atoms with Gasteiger partial charge >= 0.3 is 11.7 Å². The first-order chi connectivity index (χ1) is 9.70. The Morgan fingerprint density at radius 1 is 1.43 bits per heavy atom. The molecule has 0 aliphatic heterocycles. The van der Waals surface area contributed by atoms with Gasteiger partial charge < -0.3 is 10.2 Å². The topological polar surface area (TPSA) is 138 Å². The lowest BCUT2D eigenvalue weighted by molar-refractivity contribution is -0.386. The minimum absolute atomic E-state index is 0.0181. The molecule has 0 heterocycles. The van der Waals surface area contributed by atoms with Crippen molar-refractivity contribution in [1.29, 1.82) is 0 Å². The van der Waals surface area contributed by atoms with Crippen molar-refractivity contribution in [2.24, 2.45) is 0 Å². The van der Waals surface area contributed by atoms with Crippen molar-refractivity contribution in [2.75, 3.05) is 13.1 Å². The van der Waals surface area contributed by atoms with E-state index in [4.69, 9.17) is 5.11 Å². The molecule has 0 aromatic heterocycles. The summed E-state index contributed by atoms with van der Waals surface area (Å²) in [4.78, 5) is 20.0. The Bertz CT molecular complexity index is 657. The van der Waals surface area contributed by atoms with E-state index in [1.807, 2.05) is 0 Å². The van der Waals surface area contributed by atoms with Crippen molar-refractivity contribution in [3.05, 3.63) is 28.3 Å². The van der Waals surface area contributed by atoms with E-state index in [0.717, 1.165) is 22.5 Å². The van der Waals surface area contributed by atoms with Crippen LogP contribution in [-0.2, 0) is 14.8 Å². The Morgan fingerprint density at radius 2 is 2.05 bits per heavy atom. The summed E-state index contributed by atoms with van der Waals surface area (Å²) in [5.41, 5.74) is -0.731. The van der Waals surface area contributed by atoms with Gasteiger partial charge in [-0.2, -0.15) is 4.31 Å². The third-order valence-corrected chi connectivity index (χ3v) is 4.68. The maximum atomic E-state index is 12.3. The lowest BCUT2D eigenvalue weighted by Crippen LogP contribution is -2.32. The van der Waals surface area contributed by atoms with Crippen LogP contribution in [0.2, 0.25) is 0 Å². The zero-order chi connectivity index (χ0) is 16.2. The number of phenols is 1. The molecule has 0 saturated carbocycles. The zero-order valence-corrected chi connectivity index (χ0v) is 11.9. The second-order valence-electron chi connectivity index (χ2n) is 4.05. The number of hydrogen-bond donors (Lipinski definition) is 2. The van der Waals surface area contributed by atoms with Crippen LogP contribution in [0.25, 0.3) is 0 Å². The molecular weight excluding hydrogens is 304 g/mol. The van der Waals surface area contributed by atoms with Gasteiger partial charge in [-0.25, -0.2) is 8.42 Å². The molecule has 21 heavy (non-hydrogen) atoms. The van der Waals surface area contributed by atoms with Gasteiger partial charge in [0.25, 0.3) is 0 Å². The van der Waals surface area contributed by atoms with E-state index in [9.17, 15) is 28.4 Å². The number of carbonyl (C=O) groups is 1. The van der Waals surface area contributed by atoms with Crippen molar-refractivity contribution in [2.45, 2.75) is 18.2 Å². The molecular formula is C11H14N2O7S. The first kappa shape index (κ1) is 16.9. The number of carboxylic acids is 1. The first-order valence-electron chi connectivity index (χ1n) is 5.89. The van der Waals surface area contributed by atoms with Crippen LogP contribution in [0.3, 0.4) is 0 Å². The fraction of sp³-hybridized carbons (Fsp3) is 0.364. The Kier molecular flexibility index (Phi) is 5.22. The van der Waals surface area contributed by atoms with E-state index in [0.29, 0.717) is 0 Å². The molecule has 0 aliphatic carbocycles. The average Bonchev–Trinajstić information content (AvgIpc) is 2.38. The highest BCUT2D eigenvalue weighted by molar-refractivity contribution is 7.89. The minimum atomic E-state index is -4.07. The fourth-order valence-electron chi connectivity index (χ4n) is 1.63. The van der Waals surface area contributed by atoms with Gasteiger partial charge in [0.1, 0.15) is 0 Å². The molecule has 1 rings (SSSR count).